The van der Waals surface area contributed by atoms with Crippen molar-refractivity contribution in [1.29, 1.82) is 0 Å². The zero-order valence-electron chi connectivity index (χ0n) is 14.0. The van der Waals surface area contributed by atoms with E-state index in [1.165, 1.54) is 25.7 Å². The molecular formula is C18H32N2O. The number of carbonyl (C=O) groups is 1. The zero-order valence-corrected chi connectivity index (χ0v) is 14.0. The molecule has 2 aliphatic carbocycles. The standard InChI is InChI=1S/C18H32N2O/c1-4-5-17-19-16(10-12(2)3)18(21)20(17)11-15(13-6-7-13)14-8-9-14/h12-17,19H,4-11H2,1-3H3. The minimum absolute atomic E-state index is 0.0700. The summed E-state index contributed by atoms with van der Waals surface area (Å²) >= 11 is 0. The van der Waals surface area contributed by atoms with Gasteiger partial charge < -0.3 is 4.90 Å². The normalized spacial score (nSPS) is 30.0. The minimum Gasteiger partial charge on any atom is -0.325 e. The third kappa shape index (κ3) is 3.61. The second kappa shape index (κ2) is 6.28. The van der Waals surface area contributed by atoms with Crippen LogP contribution in [0.1, 0.15) is 65.7 Å². The Hall–Kier alpha value is -0.570. The average Bonchev–Trinajstić information content (AvgIpc) is 3.31. The van der Waals surface area contributed by atoms with Crippen molar-refractivity contribution in [3.8, 4) is 0 Å². The molecule has 0 bridgehead atoms. The SMILES string of the molecule is CCCC1NC(CC(C)C)C(=O)N1CC(C1CC1)C1CC1. The van der Waals surface area contributed by atoms with Gasteiger partial charge >= 0.3 is 0 Å². The Morgan fingerprint density at radius 3 is 2.29 bits per heavy atom. The maximum atomic E-state index is 12.8. The lowest BCUT2D eigenvalue weighted by Crippen LogP contribution is -2.41. The third-order valence-corrected chi connectivity index (χ3v) is 5.48. The quantitative estimate of drug-likeness (QED) is 0.743. The van der Waals surface area contributed by atoms with E-state index in [1.807, 2.05) is 0 Å². The summed E-state index contributed by atoms with van der Waals surface area (Å²) in [5.41, 5.74) is 0. The first-order chi connectivity index (χ1) is 10.1. The fourth-order valence-electron chi connectivity index (χ4n) is 4.08. The van der Waals surface area contributed by atoms with Gasteiger partial charge in [-0.2, -0.15) is 0 Å². The fraction of sp³-hybridized carbons (Fsp3) is 0.944. The maximum absolute atomic E-state index is 12.8. The molecule has 3 heteroatoms. The van der Waals surface area contributed by atoms with Gasteiger partial charge in [-0.05, 0) is 62.2 Å². The molecule has 21 heavy (non-hydrogen) atoms. The van der Waals surface area contributed by atoms with Crippen LogP contribution in [0.5, 0.6) is 0 Å². The molecule has 2 unspecified atom stereocenters. The molecule has 1 saturated heterocycles. The number of carbonyl (C=O) groups excluding carboxylic acids is 1. The van der Waals surface area contributed by atoms with Crippen molar-refractivity contribution in [2.24, 2.45) is 23.7 Å². The summed E-state index contributed by atoms with van der Waals surface area (Å²) in [5, 5.41) is 3.62. The van der Waals surface area contributed by atoms with Crippen molar-refractivity contribution in [3.63, 3.8) is 0 Å². The monoisotopic (exact) mass is 292 g/mol. The first-order valence-corrected chi connectivity index (χ1v) is 9.16. The van der Waals surface area contributed by atoms with Crippen LogP contribution in [0.2, 0.25) is 0 Å². The highest BCUT2D eigenvalue weighted by atomic mass is 16.2. The molecule has 1 heterocycles. The van der Waals surface area contributed by atoms with E-state index in [4.69, 9.17) is 0 Å². The van der Waals surface area contributed by atoms with Crippen LogP contribution in [0.15, 0.2) is 0 Å². The number of hydrogen-bond acceptors (Lipinski definition) is 2. The van der Waals surface area contributed by atoms with Crippen LogP contribution in [0, 0.1) is 23.7 Å². The summed E-state index contributed by atoms with van der Waals surface area (Å²) in [6.45, 7) is 7.67. The summed E-state index contributed by atoms with van der Waals surface area (Å²) in [4.78, 5) is 15.0. The van der Waals surface area contributed by atoms with Gasteiger partial charge in [0.2, 0.25) is 5.91 Å². The summed E-state index contributed by atoms with van der Waals surface area (Å²) in [6.07, 6.45) is 9.15. The summed E-state index contributed by atoms with van der Waals surface area (Å²) in [6, 6.07) is 0.0700. The Kier molecular flexibility index (Phi) is 4.58. The van der Waals surface area contributed by atoms with Crippen LogP contribution < -0.4 is 5.32 Å². The van der Waals surface area contributed by atoms with Crippen molar-refractivity contribution in [2.75, 3.05) is 6.54 Å². The molecule has 3 nitrogen and oxygen atoms in total. The molecule has 120 valence electrons. The molecule has 0 spiro atoms. The number of nitrogens with zero attached hydrogens (tertiary/aromatic N) is 1. The lowest BCUT2D eigenvalue weighted by atomic mass is 9.96. The van der Waals surface area contributed by atoms with E-state index >= 15 is 0 Å². The van der Waals surface area contributed by atoms with Gasteiger partial charge in [0, 0.05) is 6.54 Å². The lowest BCUT2D eigenvalue weighted by Gasteiger charge is -2.29. The Bertz CT molecular complexity index is 361. The summed E-state index contributed by atoms with van der Waals surface area (Å²) in [7, 11) is 0. The van der Waals surface area contributed by atoms with Crippen LogP contribution >= 0.6 is 0 Å². The summed E-state index contributed by atoms with van der Waals surface area (Å²) < 4.78 is 0. The Morgan fingerprint density at radius 2 is 1.81 bits per heavy atom. The van der Waals surface area contributed by atoms with Gasteiger partial charge in [-0.1, -0.05) is 27.2 Å². The molecule has 0 aromatic rings. The molecule has 3 rings (SSSR count). The molecule has 0 aromatic heterocycles. The van der Waals surface area contributed by atoms with E-state index in [0.29, 0.717) is 18.0 Å². The molecule has 1 aliphatic heterocycles. The topological polar surface area (TPSA) is 32.3 Å². The summed E-state index contributed by atoms with van der Waals surface area (Å²) in [5.74, 6) is 3.62. The highest BCUT2D eigenvalue weighted by Gasteiger charge is 2.46. The van der Waals surface area contributed by atoms with Gasteiger partial charge in [-0.15, -0.1) is 0 Å². The van der Waals surface area contributed by atoms with Crippen molar-refractivity contribution < 1.29 is 4.79 Å². The van der Waals surface area contributed by atoms with Crippen molar-refractivity contribution in [2.45, 2.75) is 77.9 Å². The molecule has 3 aliphatic rings. The second-order valence-electron chi connectivity index (χ2n) is 7.98. The van der Waals surface area contributed by atoms with Crippen molar-refractivity contribution in [1.82, 2.24) is 10.2 Å². The highest BCUT2D eigenvalue weighted by Crippen LogP contribution is 2.49. The minimum atomic E-state index is 0.0700. The van der Waals surface area contributed by atoms with Crippen LogP contribution in [-0.4, -0.2) is 29.6 Å². The van der Waals surface area contributed by atoms with E-state index in [1.54, 1.807) is 0 Å². The van der Waals surface area contributed by atoms with Crippen LogP contribution in [0.25, 0.3) is 0 Å². The molecule has 1 amide bonds. The molecule has 2 atom stereocenters. The predicted molar refractivity (Wildman–Crippen MR) is 85.7 cm³/mol. The van der Waals surface area contributed by atoms with Crippen LogP contribution in [-0.2, 0) is 4.79 Å². The van der Waals surface area contributed by atoms with E-state index in [9.17, 15) is 4.79 Å². The van der Waals surface area contributed by atoms with Gasteiger partial charge in [0.25, 0.3) is 0 Å². The third-order valence-electron chi connectivity index (χ3n) is 5.48. The van der Waals surface area contributed by atoms with E-state index in [0.717, 1.165) is 43.6 Å². The van der Waals surface area contributed by atoms with Gasteiger partial charge in [0.1, 0.15) is 0 Å². The smallest absolute Gasteiger partial charge is 0.241 e. The number of hydrogen-bond donors (Lipinski definition) is 1. The first kappa shape index (κ1) is 15.3. The number of amides is 1. The molecule has 3 fully saturated rings. The Balaban J connectivity index is 1.65. The number of rotatable bonds is 8. The van der Waals surface area contributed by atoms with E-state index < -0.39 is 0 Å². The highest BCUT2D eigenvalue weighted by molar-refractivity contribution is 5.84. The Labute approximate surface area is 129 Å². The average molecular weight is 292 g/mol. The van der Waals surface area contributed by atoms with Gasteiger partial charge in [-0.25, -0.2) is 0 Å². The first-order valence-electron chi connectivity index (χ1n) is 9.16. The molecule has 1 N–H and O–H groups in total. The largest absolute Gasteiger partial charge is 0.325 e. The van der Waals surface area contributed by atoms with Crippen LogP contribution in [0.4, 0.5) is 0 Å². The second-order valence-corrected chi connectivity index (χ2v) is 7.98. The van der Waals surface area contributed by atoms with Crippen molar-refractivity contribution in [3.05, 3.63) is 0 Å². The van der Waals surface area contributed by atoms with Crippen LogP contribution in [0.3, 0.4) is 0 Å². The van der Waals surface area contributed by atoms with Gasteiger partial charge in [0.15, 0.2) is 0 Å². The fourth-order valence-corrected chi connectivity index (χ4v) is 4.08. The number of nitrogens with one attached hydrogen (secondary N) is 1. The zero-order chi connectivity index (χ0) is 15.0. The molecular weight excluding hydrogens is 260 g/mol. The van der Waals surface area contributed by atoms with Crippen molar-refractivity contribution >= 4 is 5.91 Å². The van der Waals surface area contributed by atoms with Gasteiger partial charge in [-0.3, -0.25) is 10.1 Å². The van der Waals surface area contributed by atoms with E-state index in [2.05, 4.69) is 31.0 Å². The maximum Gasteiger partial charge on any atom is 0.241 e. The van der Waals surface area contributed by atoms with Gasteiger partial charge in [0.05, 0.1) is 12.2 Å². The Morgan fingerprint density at radius 1 is 1.19 bits per heavy atom. The lowest BCUT2D eigenvalue weighted by molar-refractivity contribution is -0.131. The molecule has 2 saturated carbocycles. The van der Waals surface area contributed by atoms with E-state index in [-0.39, 0.29) is 6.04 Å². The molecule has 0 radical (unpaired) electrons. The predicted octanol–water partition coefficient (Wildman–Crippen LogP) is 3.40. The molecule has 0 aromatic carbocycles.